The molecule has 5 nitrogen and oxygen atoms in total. The summed E-state index contributed by atoms with van der Waals surface area (Å²) in [6.45, 7) is 0. The summed E-state index contributed by atoms with van der Waals surface area (Å²) >= 11 is 0. The first-order valence-corrected chi connectivity index (χ1v) is 6.62. The molecular formula is C15H15N3O2. The minimum absolute atomic E-state index is 0.0859. The van der Waals surface area contributed by atoms with Crippen molar-refractivity contribution < 1.29 is 9.63 Å². The third-order valence-corrected chi connectivity index (χ3v) is 3.46. The quantitative estimate of drug-likeness (QED) is 0.861. The lowest BCUT2D eigenvalue weighted by molar-refractivity contribution is -0.132. The number of para-hydroxylation sites is 1. The van der Waals surface area contributed by atoms with E-state index in [1.165, 1.54) is 0 Å². The van der Waals surface area contributed by atoms with Crippen molar-refractivity contribution in [1.29, 1.82) is 0 Å². The molecular weight excluding hydrogens is 254 g/mol. The van der Waals surface area contributed by atoms with Crippen LogP contribution >= 0.6 is 0 Å². The Labute approximate surface area is 117 Å². The van der Waals surface area contributed by atoms with Crippen molar-refractivity contribution in [3.63, 3.8) is 0 Å². The molecule has 1 amide bonds. The van der Waals surface area contributed by atoms with Gasteiger partial charge in [0, 0.05) is 17.8 Å². The Morgan fingerprint density at radius 3 is 3.00 bits per heavy atom. The topological polar surface area (TPSA) is 64.1 Å². The maximum atomic E-state index is 12.1. The number of hydroxylamine groups is 1. The molecule has 0 fully saturated rings. The number of aryl methyl sites for hydroxylation is 1. The van der Waals surface area contributed by atoms with Crippen molar-refractivity contribution in [3.05, 3.63) is 54.1 Å². The lowest BCUT2D eigenvalue weighted by Crippen LogP contribution is -2.36. The van der Waals surface area contributed by atoms with Crippen LogP contribution in [0.1, 0.15) is 17.7 Å². The number of hydrogen-bond acceptors (Lipinski definition) is 4. The third-order valence-electron chi connectivity index (χ3n) is 3.46. The SMILES string of the molecule is O=C(NOc1ccccc1)C1CCc2ncncc2C1. The zero-order valence-electron chi connectivity index (χ0n) is 11.0. The van der Waals surface area contributed by atoms with E-state index in [4.69, 9.17) is 4.84 Å². The molecule has 1 N–H and O–H groups in total. The molecule has 1 aromatic carbocycles. The molecule has 0 spiro atoms. The third kappa shape index (κ3) is 2.77. The van der Waals surface area contributed by atoms with Crippen molar-refractivity contribution in [2.75, 3.05) is 0 Å². The lowest BCUT2D eigenvalue weighted by Gasteiger charge is -2.22. The molecule has 0 saturated carbocycles. The van der Waals surface area contributed by atoms with Crippen molar-refractivity contribution in [2.45, 2.75) is 19.3 Å². The van der Waals surface area contributed by atoms with Gasteiger partial charge in [-0.05, 0) is 37.0 Å². The van der Waals surface area contributed by atoms with Gasteiger partial charge in [0.05, 0.1) is 0 Å². The summed E-state index contributed by atoms with van der Waals surface area (Å²) in [5, 5.41) is 0. The first kappa shape index (κ1) is 12.6. The molecule has 1 aromatic heterocycles. The number of aromatic nitrogens is 2. The molecule has 0 bridgehead atoms. The zero-order chi connectivity index (χ0) is 13.8. The highest BCUT2D eigenvalue weighted by molar-refractivity contribution is 5.78. The van der Waals surface area contributed by atoms with Crippen molar-refractivity contribution in [2.24, 2.45) is 5.92 Å². The van der Waals surface area contributed by atoms with Gasteiger partial charge in [-0.25, -0.2) is 9.97 Å². The van der Waals surface area contributed by atoms with E-state index in [0.29, 0.717) is 12.2 Å². The summed E-state index contributed by atoms with van der Waals surface area (Å²) in [5.74, 6) is 0.445. The molecule has 3 rings (SSSR count). The Balaban J connectivity index is 1.59. The predicted octanol–water partition coefficient (Wildman–Crippen LogP) is 1.69. The van der Waals surface area contributed by atoms with Crippen molar-refractivity contribution in [3.8, 4) is 5.75 Å². The second-order valence-corrected chi connectivity index (χ2v) is 4.82. The number of hydrogen-bond donors (Lipinski definition) is 1. The minimum atomic E-state index is -0.0941. The van der Waals surface area contributed by atoms with Crippen LogP contribution in [0.4, 0.5) is 0 Å². The predicted molar refractivity (Wildman–Crippen MR) is 72.8 cm³/mol. The van der Waals surface area contributed by atoms with E-state index in [9.17, 15) is 4.79 Å². The Morgan fingerprint density at radius 2 is 2.15 bits per heavy atom. The molecule has 1 unspecified atom stereocenters. The smallest absolute Gasteiger partial charge is 0.256 e. The Morgan fingerprint density at radius 1 is 1.30 bits per heavy atom. The molecule has 1 heterocycles. The van der Waals surface area contributed by atoms with E-state index < -0.39 is 0 Å². The van der Waals surface area contributed by atoms with Crippen LogP contribution < -0.4 is 10.3 Å². The second-order valence-electron chi connectivity index (χ2n) is 4.82. The fourth-order valence-electron chi connectivity index (χ4n) is 2.36. The molecule has 0 aliphatic heterocycles. The van der Waals surface area contributed by atoms with Gasteiger partial charge in [-0.1, -0.05) is 18.2 Å². The number of carbonyl (C=O) groups excluding carboxylic acids is 1. The highest BCUT2D eigenvalue weighted by atomic mass is 16.7. The zero-order valence-corrected chi connectivity index (χ0v) is 11.0. The van der Waals surface area contributed by atoms with Crippen LogP contribution in [0, 0.1) is 5.92 Å². The van der Waals surface area contributed by atoms with Crippen molar-refractivity contribution in [1.82, 2.24) is 15.4 Å². The maximum Gasteiger partial charge on any atom is 0.256 e. The second kappa shape index (κ2) is 5.69. The summed E-state index contributed by atoms with van der Waals surface area (Å²) in [7, 11) is 0. The average molecular weight is 269 g/mol. The Bertz CT molecular complexity index is 601. The van der Waals surface area contributed by atoms with Crippen LogP contribution in [0.5, 0.6) is 5.75 Å². The van der Waals surface area contributed by atoms with Crippen LogP contribution in [0.25, 0.3) is 0 Å². The molecule has 1 atom stereocenters. The van der Waals surface area contributed by atoms with Crippen LogP contribution in [0.2, 0.25) is 0 Å². The summed E-state index contributed by atoms with van der Waals surface area (Å²) < 4.78 is 0. The van der Waals surface area contributed by atoms with Gasteiger partial charge in [0.25, 0.3) is 5.91 Å². The van der Waals surface area contributed by atoms with Crippen LogP contribution in [-0.4, -0.2) is 15.9 Å². The molecule has 0 radical (unpaired) electrons. The molecule has 5 heteroatoms. The fourth-order valence-corrected chi connectivity index (χ4v) is 2.36. The van der Waals surface area contributed by atoms with E-state index in [1.807, 2.05) is 18.2 Å². The van der Waals surface area contributed by atoms with E-state index >= 15 is 0 Å². The molecule has 2 aromatic rings. The van der Waals surface area contributed by atoms with Gasteiger partial charge in [0.2, 0.25) is 0 Å². The van der Waals surface area contributed by atoms with Crippen LogP contribution in [-0.2, 0) is 17.6 Å². The summed E-state index contributed by atoms with van der Waals surface area (Å²) in [5.41, 5.74) is 4.62. The number of rotatable bonds is 3. The summed E-state index contributed by atoms with van der Waals surface area (Å²) in [6.07, 6.45) is 5.60. The number of nitrogens with zero attached hydrogens (tertiary/aromatic N) is 2. The fraction of sp³-hybridized carbons (Fsp3) is 0.267. The normalized spacial score (nSPS) is 17.1. The average Bonchev–Trinajstić information content (AvgIpc) is 2.53. The number of fused-ring (bicyclic) bond motifs is 1. The van der Waals surface area contributed by atoms with Crippen molar-refractivity contribution >= 4 is 5.91 Å². The summed E-state index contributed by atoms with van der Waals surface area (Å²) in [4.78, 5) is 25.6. The number of amides is 1. The maximum absolute atomic E-state index is 12.1. The minimum Gasteiger partial charge on any atom is -0.380 e. The number of carbonyl (C=O) groups is 1. The number of nitrogens with one attached hydrogen (secondary N) is 1. The standard InChI is InChI=1S/C15H15N3O2/c19-15(18-20-13-4-2-1-3-5-13)11-6-7-14-12(8-11)9-16-10-17-14/h1-5,9-11H,6-8H2,(H,18,19). The molecule has 102 valence electrons. The van der Waals surface area contributed by atoms with Gasteiger partial charge in [0.1, 0.15) is 6.33 Å². The van der Waals surface area contributed by atoms with E-state index in [-0.39, 0.29) is 11.8 Å². The summed E-state index contributed by atoms with van der Waals surface area (Å²) in [6, 6.07) is 9.20. The molecule has 0 saturated heterocycles. The van der Waals surface area contributed by atoms with E-state index in [0.717, 1.165) is 24.1 Å². The van der Waals surface area contributed by atoms with Crippen LogP contribution in [0.15, 0.2) is 42.9 Å². The van der Waals surface area contributed by atoms with E-state index in [1.54, 1.807) is 24.7 Å². The molecule has 20 heavy (non-hydrogen) atoms. The monoisotopic (exact) mass is 269 g/mol. The van der Waals surface area contributed by atoms with Gasteiger partial charge in [-0.15, -0.1) is 0 Å². The lowest BCUT2D eigenvalue weighted by atomic mass is 9.87. The molecule has 1 aliphatic rings. The highest BCUT2D eigenvalue weighted by Gasteiger charge is 2.25. The number of benzene rings is 1. The highest BCUT2D eigenvalue weighted by Crippen LogP contribution is 2.23. The van der Waals surface area contributed by atoms with Gasteiger partial charge in [0.15, 0.2) is 5.75 Å². The molecule has 1 aliphatic carbocycles. The Kier molecular flexibility index (Phi) is 3.58. The Hall–Kier alpha value is -2.43. The van der Waals surface area contributed by atoms with Gasteiger partial charge >= 0.3 is 0 Å². The first-order chi connectivity index (χ1) is 9.83. The van der Waals surface area contributed by atoms with Crippen LogP contribution in [0.3, 0.4) is 0 Å². The van der Waals surface area contributed by atoms with Gasteiger partial charge in [-0.2, -0.15) is 5.48 Å². The first-order valence-electron chi connectivity index (χ1n) is 6.62. The largest absolute Gasteiger partial charge is 0.380 e. The van der Waals surface area contributed by atoms with E-state index in [2.05, 4.69) is 15.4 Å². The van der Waals surface area contributed by atoms with Gasteiger partial charge in [-0.3, -0.25) is 4.79 Å². The van der Waals surface area contributed by atoms with Gasteiger partial charge < -0.3 is 4.84 Å².